The van der Waals surface area contributed by atoms with E-state index in [1.165, 1.54) is 0 Å². The molecule has 0 aliphatic carbocycles. The molecule has 17 heavy (non-hydrogen) atoms. The number of ether oxygens (including phenoxy) is 1. The van der Waals surface area contributed by atoms with Crippen molar-refractivity contribution in [2.24, 2.45) is 7.05 Å². The molecule has 1 aromatic rings. The molecule has 6 nitrogen and oxygen atoms in total. The first-order valence-corrected chi connectivity index (χ1v) is 5.73. The lowest BCUT2D eigenvalue weighted by Gasteiger charge is -2.15. The Morgan fingerprint density at radius 2 is 2.18 bits per heavy atom. The number of rotatable bonds is 6. The Morgan fingerprint density at radius 1 is 1.47 bits per heavy atom. The van der Waals surface area contributed by atoms with Gasteiger partial charge < -0.3 is 9.30 Å². The van der Waals surface area contributed by atoms with Gasteiger partial charge in [-0.15, -0.1) is 10.2 Å². The van der Waals surface area contributed by atoms with E-state index in [1.807, 2.05) is 37.4 Å². The summed E-state index contributed by atoms with van der Waals surface area (Å²) in [7, 11) is 3.88. The summed E-state index contributed by atoms with van der Waals surface area (Å²) in [5, 5.41) is 8.06. The largest absolute Gasteiger partial charge is 0.466 e. The number of hydrogen-bond acceptors (Lipinski definition) is 5. The first-order chi connectivity index (χ1) is 8.04. The Balaban J connectivity index is 2.37. The third kappa shape index (κ3) is 4.14. The molecule has 0 saturated carbocycles. The van der Waals surface area contributed by atoms with E-state index in [1.54, 1.807) is 0 Å². The molecule has 0 saturated heterocycles. The molecule has 6 heteroatoms. The van der Waals surface area contributed by atoms with Gasteiger partial charge in [-0.25, -0.2) is 0 Å². The zero-order valence-electron chi connectivity index (χ0n) is 10.9. The zero-order chi connectivity index (χ0) is 12.8. The zero-order valence-corrected chi connectivity index (χ0v) is 10.9. The highest BCUT2D eigenvalue weighted by atomic mass is 16.5. The monoisotopic (exact) mass is 240 g/mol. The fourth-order valence-corrected chi connectivity index (χ4v) is 1.42. The fraction of sp³-hybridized carbons (Fsp3) is 0.727. The number of hydrogen-bond donors (Lipinski definition) is 0. The average molecular weight is 240 g/mol. The van der Waals surface area contributed by atoms with E-state index >= 15 is 0 Å². The van der Waals surface area contributed by atoms with Gasteiger partial charge in [0, 0.05) is 13.6 Å². The van der Waals surface area contributed by atoms with Gasteiger partial charge in [-0.1, -0.05) is 0 Å². The van der Waals surface area contributed by atoms with E-state index < -0.39 is 0 Å². The summed E-state index contributed by atoms with van der Waals surface area (Å²) in [5.74, 6) is 1.63. The van der Waals surface area contributed by atoms with Gasteiger partial charge in [-0.05, 0) is 20.9 Å². The molecule has 0 aliphatic heterocycles. The Morgan fingerprint density at radius 3 is 2.71 bits per heavy atom. The van der Waals surface area contributed by atoms with E-state index in [4.69, 9.17) is 4.74 Å². The number of aromatic nitrogens is 3. The summed E-state index contributed by atoms with van der Waals surface area (Å²) in [6.07, 6.45) is 0.404. The fourth-order valence-electron chi connectivity index (χ4n) is 1.42. The van der Waals surface area contributed by atoms with Crippen LogP contribution in [0.2, 0.25) is 0 Å². The lowest BCUT2D eigenvalue weighted by Crippen LogP contribution is -2.23. The van der Waals surface area contributed by atoms with Crippen LogP contribution >= 0.6 is 0 Å². The maximum absolute atomic E-state index is 11.2. The van der Waals surface area contributed by atoms with Gasteiger partial charge in [0.15, 0.2) is 0 Å². The van der Waals surface area contributed by atoms with Crippen LogP contribution in [-0.4, -0.2) is 45.8 Å². The molecule has 0 radical (unpaired) electrons. The number of nitrogens with zero attached hydrogens (tertiary/aromatic N) is 4. The second-order valence-electron chi connectivity index (χ2n) is 4.02. The Bertz CT molecular complexity index is 376. The molecule has 0 aromatic carbocycles. The Hall–Kier alpha value is -1.43. The molecular formula is C11H20N4O2. The van der Waals surface area contributed by atoms with Crippen LogP contribution in [0, 0.1) is 6.92 Å². The molecule has 1 heterocycles. The standard InChI is InChI=1S/C11H20N4O2/c1-5-17-11(16)6-7-14(3)8-10-13-12-9(2)15(10)4/h5-8H2,1-4H3. The van der Waals surface area contributed by atoms with E-state index in [-0.39, 0.29) is 5.97 Å². The number of carbonyl (C=O) groups is 1. The molecule has 0 fully saturated rings. The lowest BCUT2D eigenvalue weighted by atomic mass is 10.4. The highest BCUT2D eigenvalue weighted by molar-refractivity contribution is 5.69. The second kappa shape index (κ2) is 6.34. The smallest absolute Gasteiger partial charge is 0.307 e. The van der Waals surface area contributed by atoms with Crippen LogP contribution in [0.25, 0.3) is 0 Å². The summed E-state index contributed by atoms with van der Waals surface area (Å²) in [6, 6.07) is 0. The number of carbonyl (C=O) groups excluding carboxylic acids is 1. The third-order valence-corrected chi connectivity index (χ3v) is 2.60. The van der Waals surface area contributed by atoms with Crippen LogP contribution in [0.15, 0.2) is 0 Å². The maximum atomic E-state index is 11.2. The van der Waals surface area contributed by atoms with Crippen LogP contribution in [0.4, 0.5) is 0 Å². The van der Waals surface area contributed by atoms with Crippen LogP contribution < -0.4 is 0 Å². The summed E-state index contributed by atoms with van der Waals surface area (Å²) in [5.41, 5.74) is 0. The Labute approximate surface area is 102 Å². The molecule has 0 N–H and O–H groups in total. The SMILES string of the molecule is CCOC(=O)CCN(C)Cc1nnc(C)n1C. The van der Waals surface area contributed by atoms with Crippen molar-refractivity contribution in [2.45, 2.75) is 26.8 Å². The molecular weight excluding hydrogens is 220 g/mol. The van der Waals surface area contributed by atoms with Crippen LogP contribution in [-0.2, 0) is 23.1 Å². The van der Waals surface area contributed by atoms with Crippen LogP contribution in [0.1, 0.15) is 25.0 Å². The van der Waals surface area contributed by atoms with Gasteiger partial charge >= 0.3 is 5.97 Å². The number of aryl methyl sites for hydroxylation is 1. The molecule has 96 valence electrons. The molecule has 0 unspecified atom stereocenters. The molecule has 0 aliphatic rings. The molecule has 1 aromatic heterocycles. The average Bonchev–Trinajstić information content (AvgIpc) is 2.59. The van der Waals surface area contributed by atoms with Crippen molar-refractivity contribution in [2.75, 3.05) is 20.2 Å². The van der Waals surface area contributed by atoms with Crippen molar-refractivity contribution in [3.63, 3.8) is 0 Å². The van der Waals surface area contributed by atoms with Gasteiger partial charge in [-0.2, -0.15) is 0 Å². The minimum absolute atomic E-state index is 0.159. The predicted octanol–water partition coefficient (Wildman–Crippen LogP) is 0.509. The molecule has 0 atom stereocenters. The molecule has 0 spiro atoms. The van der Waals surface area contributed by atoms with Gasteiger partial charge in [0.25, 0.3) is 0 Å². The minimum Gasteiger partial charge on any atom is -0.466 e. The number of esters is 1. The van der Waals surface area contributed by atoms with Crippen molar-refractivity contribution >= 4 is 5.97 Å². The highest BCUT2D eigenvalue weighted by Crippen LogP contribution is 2.02. The van der Waals surface area contributed by atoms with E-state index in [9.17, 15) is 4.79 Å². The van der Waals surface area contributed by atoms with E-state index in [2.05, 4.69) is 10.2 Å². The predicted molar refractivity (Wildman–Crippen MR) is 63.3 cm³/mol. The lowest BCUT2D eigenvalue weighted by molar-refractivity contribution is -0.143. The van der Waals surface area contributed by atoms with Crippen molar-refractivity contribution in [3.05, 3.63) is 11.6 Å². The third-order valence-electron chi connectivity index (χ3n) is 2.60. The van der Waals surface area contributed by atoms with Crippen molar-refractivity contribution < 1.29 is 9.53 Å². The summed E-state index contributed by atoms with van der Waals surface area (Å²) < 4.78 is 6.82. The first-order valence-electron chi connectivity index (χ1n) is 5.73. The molecule has 0 amide bonds. The normalized spacial score (nSPS) is 10.9. The second-order valence-corrected chi connectivity index (χ2v) is 4.02. The van der Waals surface area contributed by atoms with Crippen molar-refractivity contribution in [3.8, 4) is 0 Å². The highest BCUT2D eigenvalue weighted by Gasteiger charge is 2.09. The van der Waals surface area contributed by atoms with Crippen LogP contribution in [0.5, 0.6) is 0 Å². The topological polar surface area (TPSA) is 60.2 Å². The van der Waals surface area contributed by atoms with Crippen molar-refractivity contribution in [1.29, 1.82) is 0 Å². The minimum atomic E-state index is -0.159. The molecule has 0 bridgehead atoms. The summed E-state index contributed by atoms with van der Waals surface area (Å²) >= 11 is 0. The first kappa shape index (κ1) is 13.6. The van der Waals surface area contributed by atoms with Gasteiger partial charge in [0.1, 0.15) is 11.6 Å². The maximum Gasteiger partial charge on any atom is 0.307 e. The van der Waals surface area contributed by atoms with Gasteiger partial charge in [-0.3, -0.25) is 9.69 Å². The van der Waals surface area contributed by atoms with Gasteiger partial charge in [0.05, 0.1) is 19.6 Å². The van der Waals surface area contributed by atoms with Crippen molar-refractivity contribution in [1.82, 2.24) is 19.7 Å². The Kier molecular flexibility index (Phi) is 5.09. The van der Waals surface area contributed by atoms with Crippen LogP contribution in [0.3, 0.4) is 0 Å². The quantitative estimate of drug-likeness (QED) is 0.678. The van der Waals surface area contributed by atoms with E-state index in [0.717, 1.165) is 11.6 Å². The summed E-state index contributed by atoms with van der Waals surface area (Å²) in [4.78, 5) is 13.2. The van der Waals surface area contributed by atoms with E-state index in [0.29, 0.717) is 26.1 Å². The summed E-state index contributed by atoms with van der Waals surface area (Å²) in [6.45, 7) is 5.49. The van der Waals surface area contributed by atoms with Gasteiger partial charge in [0.2, 0.25) is 0 Å². The molecule has 1 rings (SSSR count).